The molecule has 39 heavy (non-hydrogen) atoms. The van der Waals surface area contributed by atoms with Crippen molar-refractivity contribution in [3.05, 3.63) is 51.8 Å². The van der Waals surface area contributed by atoms with Crippen LogP contribution >= 0.6 is 35.4 Å². The third-order valence-corrected chi connectivity index (χ3v) is 7.52. The summed E-state index contributed by atoms with van der Waals surface area (Å²) in [4.78, 5) is 18.9. The summed E-state index contributed by atoms with van der Waals surface area (Å²) >= 11 is 17.8. The molecule has 0 radical (unpaired) electrons. The summed E-state index contributed by atoms with van der Waals surface area (Å²) in [7, 11) is 0. The summed E-state index contributed by atoms with van der Waals surface area (Å²) < 4.78 is 41.5. The Kier molecular flexibility index (Phi) is 6.79. The van der Waals surface area contributed by atoms with Gasteiger partial charge in [0.05, 0.1) is 23.5 Å². The first-order chi connectivity index (χ1) is 18.4. The van der Waals surface area contributed by atoms with Gasteiger partial charge in [-0.05, 0) is 64.2 Å². The Hall–Kier alpha value is -2.09. The van der Waals surface area contributed by atoms with Crippen LogP contribution < -0.4 is 9.64 Å². The molecule has 4 aliphatic heterocycles. The highest BCUT2D eigenvalue weighted by Crippen LogP contribution is 2.44. The molecule has 0 saturated carbocycles. The van der Waals surface area contributed by atoms with E-state index in [4.69, 9.17) is 68.6 Å². The molecule has 0 spiro atoms. The van der Waals surface area contributed by atoms with E-state index < -0.39 is 48.2 Å². The Bertz CT molecular complexity index is 1320. The molecule has 208 valence electrons. The van der Waals surface area contributed by atoms with Gasteiger partial charge >= 0.3 is 5.97 Å². The number of fused-ring (bicyclic) bond motifs is 4. The predicted octanol–water partition coefficient (Wildman–Crippen LogP) is 4.63. The average molecular weight is 597 g/mol. The van der Waals surface area contributed by atoms with Gasteiger partial charge in [0.1, 0.15) is 36.7 Å². The molecule has 2 aromatic rings. The normalized spacial score (nSPS) is 30.3. The molecule has 13 heteroatoms. The van der Waals surface area contributed by atoms with Crippen molar-refractivity contribution in [1.82, 2.24) is 4.98 Å². The van der Waals surface area contributed by atoms with Crippen LogP contribution in [0.25, 0.3) is 0 Å². The van der Waals surface area contributed by atoms with Crippen molar-refractivity contribution < 1.29 is 38.0 Å². The largest absolute Gasteiger partial charge is 0.458 e. The zero-order chi connectivity index (χ0) is 27.7. The van der Waals surface area contributed by atoms with Crippen LogP contribution in [0.1, 0.15) is 43.7 Å². The average Bonchev–Trinajstić information content (AvgIpc) is 3.36. The van der Waals surface area contributed by atoms with Crippen LogP contribution in [0.3, 0.4) is 0 Å². The molecular formula is C26H26Cl2N2O8S. The molecule has 0 bridgehead atoms. The second kappa shape index (κ2) is 9.78. The van der Waals surface area contributed by atoms with Crippen LogP contribution in [-0.4, -0.2) is 65.0 Å². The van der Waals surface area contributed by atoms with Gasteiger partial charge in [0.25, 0.3) is 5.17 Å². The van der Waals surface area contributed by atoms with Crippen LogP contribution in [0.15, 0.2) is 30.5 Å². The van der Waals surface area contributed by atoms with Gasteiger partial charge in [0.15, 0.2) is 23.6 Å². The van der Waals surface area contributed by atoms with Crippen molar-refractivity contribution in [2.75, 3.05) is 11.5 Å². The molecule has 1 aromatic carbocycles. The SMILES string of the molecule is CC1(C)O[C@H]2[C@@H](O1)[C@@H](COC(=O)c1ccc(N3Cc4cc(Cl)cc(Cl)c4OC3=S)cn1)O[C@@H]1OC(C)(C)O[C@@H]12. The topological polar surface area (TPSA) is 97.8 Å². The molecule has 1 aromatic heterocycles. The van der Waals surface area contributed by atoms with Gasteiger partial charge in [-0.3, -0.25) is 4.90 Å². The van der Waals surface area contributed by atoms with Crippen LogP contribution in [-0.2, 0) is 35.0 Å². The number of ether oxygens (including phenoxy) is 7. The number of hydrogen-bond donors (Lipinski definition) is 0. The summed E-state index contributed by atoms with van der Waals surface area (Å²) in [5.41, 5.74) is 1.52. The molecule has 3 saturated heterocycles. The van der Waals surface area contributed by atoms with Crippen molar-refractivity contribution in [3.63, 3.8) is 0 Å². The Morgan fingerprint density at radius 2 is 1.79 bits per heavy atom. The number of pyridine rings is 1. The van der Waals surface area contributed by atoms with Gasteiger partial charge in [-0.1, -0.05) is 23.2 Å². The lowest BCUT2D eigenvalue weighted by atomic mass is 9.99. The number of carbonyl (C=O) groups is 1. The second-order valence-electron chi connectivity index (χ2n) is 10.5. The molecule has 3 fully saturated rings. The lowest BCUT2D eigenvalue weighted by Gasteiger charge is -2.36. The number of carbonyl (C=O) groups excluding carboxylic acids is 1. The van der Waals surface area contributed by atoms with Crippen LogP contribution in [0.2, 0.25) is 10.0 Å². The zero-order valence-electron chi connectivity index (χ0n) is 21.5. The van der Waals surface area contributed by atoms with E-state index >= 15 is 0 Å². The maximum Gasteiger partial charge on any atom is 0.357 e. The third-order valence-electron chi connectivity index (χ3n) is 6.72. The molecule has 6 rings (SSSR count). The Morgan fingerprint density at radius 3 is 2.54 bits per heavy atom. The second-order valence-corrected chi connectivity index (χ2v) is 11.7. The zero-order valence-corrected chi connectivity index (χ0v) is 23.8. The number of thiocarbonyl (C=S) groups is 1. The Balaban J connectivity index is 1.12. The number of anilines is 1. The molecule has 0 amide bonds. The van der Waals surface area contributed by atoms with Gasteiger partial charge in [-0.15, -0.1) is 0 Å². The fourth-order valence-corrected chi connectivity index (χ4v) is 5.97. The molecule has 4 aliphatic rings. The molecule has 0 aliphatic carbocycles. The summed E-state index contributed by atoms with van der Waals surface area (Å²) in [5.74, 6) is -1.83. The predicted molar refractivity (Wildman–Crippen MR) is 143 cm³/mol. The lowest BCUT2D eigenvalue weighted by molar-refractivity contribution is -0.240. The van der Waals surface area contributed by atoms with Crippen molar-refractivity contribution in [2.24, 2.45) is 0 Å². The summed E-state index contributed by atoms with van der Waals surface area (Å²) in [6, 6.07) is 6.62. The standard InChI is InChI=1S/C26H26Cl2N2O8S/c1-25(2)35-19-17(33-23-21(20(19)36-25)37-26(3,4)38-23)11-32-22(31)16-6-5-14(9-29-16)30-10-12-7-13(27)8-15(28)18(12)34-24(30)39/h5-9,17,19-21,23H,10-11H2,1-4H3/t17-,19+,20+,21-,23-/m1/s1. The minimum Gasteiger partial charge on any atom is -0.458 e. The van der Waals surface area contributed by atoms with Gasteiger partial charge in [0, 0.05) is 10.6 Å². The molecule has 0 unspecified atom stereocenters. The maximum atomic E-state index is 12.9. The minimum absolute atomic E-state index is 0.0851. The van der Waals surface area contributed by atoms with Gasteiger partial charge in [0.2, 0.25) is 0 Å². The van der Waals surface area contributed by atoms with Gasteiger partial charge in [-0.25, -0.2) is 9.78 Å². The molecule has 0 N–H and O–H groups in total. The van der Waals surface area contributed by atoms with E-state index in [1.54, 1.807) is 43.0 Å². The van der Waals surface area contributed by atoms with Crippen LogP contribution in [0.4, 0.5) is 5.69 Å². The van der Waals surface area contributed by atoms with E-state index in [1.165, 1.54) is 6.20 Å². The van der Waals surface area contributed by atoms with E-state index in [-0.39, 0.29) is 17.5 Å². The van der Waals surface area contributed by atoms with E-state index in [0.717, 1.165) is 5.56 Å². The quantitative estimate of drug-likeness (QED) is 0.365. The molecule has 5 atom stereocenters. The highest BCUT2D eigenvalue weighted by molar-refractivity contribution is 7.80. The highest BCUT2D eigenvalue weighted by atomic mass is 35.5. The van der Waals surface area contributed by atoms with Crippen molar-refractivity contribution in [3.8, 4) is 5.75 Å². The molecule has 5 heterocycles. The van der Waals surface area contributed by atoms with Gasteiger partial charge < -0.3 is 33.2 Å². The number of aromatic nitrogens is 1. The van der Waals surface area contributed by atoms with Crippen LogP contribution in [0, 0.1) is 0 Å². The number of rotatable bonds is 4. The fraction of sp³-hybridized carbons (Fsp3) is 0.500. The minimum atomic E-state index is -0.848. The van der Waals surface area contributed by atoms with E-state index in [1.807, 2.05) is 13.8 Å². The summed E-state index contributed by atoms with van der Waals surface area (Å²) in [6.45, 7) is 7.54. The number of benzene rings is 1. The summed E-state index contributed by atoms with van der Waals surface area (Å²) in [6.07, 6.45) is -1.19. The number of hydrogen-bond acceptors (Lipinski definition) is 10. The van der Waals surface area contributed by atoms with Crippen molar-refractivity contribution >= 4 is 52.3 Å². The third kappa shape index (κ3) is 5.22. The number of esters is 1. The van der Waals surface area contributed by atoms with Crippen LogP contribution in [0.5, 0.6) is 5.75 Å². The first-order valence-electron chi connectivity index (χ1n) is 12.4. The van der Waals surface area contributed by atoms with Gasteiger partial charge in [-0.2, -0.15) is 0 Å². The number of nitrogens with zero attached hydrogens (tertiary/aromatic N) is 2. The van der Waals surface area contributed by atoms with Crippen molar-refractivity contribution in [2.45, 2.75) is 76.5 Å². The first kappa shape index (κ1) is 27.1. The van der Waals surface area contributed by atoms with E-state index in [2.05, 4.69) is 4.98 Å². The first-order valence-corrected chi connectivity index (χ1v) is 13.5. The van der Waals surface area contributed by atoms with E-state index in [9.17, 15) is 4.79 Å². The highest BCUT2D eigenvalue weighted by Gasteiger charge is 2.60. The number of halogens is 2. The Morgan fingerprint density at radius 1 is 1.08 bits per heavy atom. The fourth-order valence-electron chi connectivity index (χ4n) is 5.15. The van der Waals surface area contributed by atoms with Crippen molar-refractivity contribution in [1.29, 1.82) is 0 Å². The molecule has 10 nitrogen and oxygen atoms in total. The summed E-state index contributed by atoms with van der Waals surface area (Å²) in [5, 5.41) is 1.08. The monoisotopic (exact) mass is 596 g/mol. The smallest absolute Gasteiger partial charge is 0.357 e. The maximum absolute atomic E-state index is 12.9. The Labute approximate surface area is 240 Å². The molecular weight excluding hydrogens is 571 g/mol. The van der Waals surface area contributed by atoms with E-state index in [0.29, 0.717) is 28.0 Å². The lowest BCUT2D eigenvalue weighted by Crippen LogP contribution is -2.56.